The Labute approximate surface area is 169 Å². The average Bonchev–Trinajstić information content (AvgIpc) is 3.12. The minimum Gasteiger partial charge on any atom is -0.497 e. The number of hydrogen-bond donors (Lipinski definition) is 0. The first-order valence-corrected chi connectivity index (χ1v) is 8.93. The van der Waals surface area contributed by atoms with Crippen LogP contribution in [0.5, 0.6) is 11.5 Å². The van der Waals surface area contributed by atoms with Crippen molar-refractivity contribution >= 4 is 5.97 Å². The number of allylic oxidation sites excluding steroid dienone is 1. The average molecular weight is 391 g/mol. The van der Waals surface area contributed by atoms with Gasteiger partial charge in [0.2, 0.25) is 5.89 Å². The van der Waals surface area contributed by atoms with Gasteiger partial charge >= 0.3 is 5.97 Å². The summed E-state index contributed by atoms with van der Waals surface area (Å²) in [7, 11) is 1.45. The molecule has 148 valence electrons. The highest BCUT2D eigenvalue weighted by atomic mass is 16.5. The van der Waals surface area contributed by atoms with E-state index in [1.165, 1.54) is 19.3 Å². The zero-order chi connectivity index (χ0) is 20.6. The van der Waals surface area contributed by atoms with Crippen LogP contribution in [-0.4, -0.2) is 18.1 Å². The number of oxazole rings is 1. The fraction of sp³-hybridized carbons (Fsp3) is 0.130. The fourth-order valence-corrected chi connectivity index (χ4v) is 2.48. The molecule has 0 atom stereocenters. The standard InChI is InChI=1S/C23H21NO5/c1-4-18(26-3)14-22(25)29-20-12-10-19(11-13-20)27-15-21-16(2)28-23(24-21)17-8-6-5-7-9-17/h4-14H,1,15H2,2-3H3. The topological polar surface area (TPSA) is 70.8 Å². The van der Waals surface area contributed by atoms with Crippen molar-refractivity contribution < 1.29 is 23.4 Å². The van der Waals surface area contributed by atoms with Crippen molar-refractivity contribution in [3.63, 3.8) is 0 Å². The second kappa shape index (κ2) is 9.41. The first-order chi connectivity index (χ1) is 14.1. The van der Waals surface area contributed by atoms with Crippen molar-refractivity contribution in [2.24, 2.45) is 0 Å². The molecule has 3 rings (SSSR count). The first-order valence-electron chi connectivity index (χ1n) is 8.93. The van der Waals surface area contributed by atoms with E-state index in [1.54, 1.807) is 24.3 Å². The van der Waals surface area contributed by atoms with Gasteiger partial charge in [0.05, 0.1) is 13.2 Å². The summed E-state index contributed by atoms with van der Waals surface area (Å²) in [6.45, 7) is 5.66. The SMILES string of the molecule is C=CC(=CC(=O)Oc1ccc(OCc2nc(-c3ccccc3)oc2C)cc1)OC. The van der Waals surface area contributed by atoms with E-state index in [0.29, 0.717) is 28.9 Å². The molecule has 0 fully saturated rings. The van der Waals surface area contributed by atoms with Crippen LogP contribution in [-0.2, 0) is 16.1 Å². The summed E-state index contributed by atoms with van der Waals surface area (Å²) < 4.78 is 21.7. The number of carbonyl (C=O) groups excluding carboxylic acids is 1. The molecule has 2 aromatic carbocycles. The van der Waals surface area contributed by atoms with Crippen LogP contribution in [0.2, 0.25) is 0 Å². The number of esters is 1. The second-order valence-electron chi connectivity index (χ2n) is 6.02. The highest BCUT2D eigenvalue weighted by molar-refractivity contribution is 5.84. The number of aromatic nitrogens is 1. The molecular formula is C23H21NO5. The molecule has 29 heavy (non-hydrogen) atoms. The summed E-state index contributed by atoms with van der Waals surface area (Å²) in [6, 6.07) is 16.4. The molecule has 6 nitrogen and oxygen atoms in total. The van der Waals surface area contributed by atoms with E-state index >= 15 is 0 Å². The summed E-state index contributed by atoms with van der Waals surface area (Å²) in [4.78, 5) is 16.3. The molecule has 0 radical (unpaired) electrons. The Morgan fingerprint density at radius 2 is 1.79 bits per heavy atom. The van der Waals surface area contributed by atoms with E-state index in [1.807, 2.05) is 37.3 Å². The maximum Gasteiger partial charge on any atom is 0.339 e. The largest absolute Gasteiger partial charge is 0.497 e. The van der Waals surface area contributed by atoms with Crippen molar-refractivity contribution in [1.82, 2.24) is 4.98 Å². The monoisotopic (exact) mass is 391 g/mol. The predicted molar refractivity (Wildman–Crippen MR) is 108 cm³/mol. The van der Waals surface area contributed by atoms with Gasteiger partial charge in [0.15, 0.2) is 0 Å². The Morgan fingerprint density at radius 3 is 2.45 bits per heavy atom. The molecule has 3 aromatic rings. The zero-order valence-corrected chi connectivity index (χ0v) is 16.3. The van der Waals surface area contributed by atoms with E-state index < -0.39 is 5.97 Å². The molecule has 0 aliphatic heterocycles. The van der Waals surface area contributed by atoms with Crippen LogP contribution in [0.4, 0.5) is 0 Å². The lowest BCUT2D eigenvalue weighted by Crippen LogP contribution is -2.05. The van der Waals surface area contributed by atoms with Gasteiger partial charge in [-0.2, -0.15) is 0 Å². The summed E-state index contributed by atoms with van der Waals surface area (Å²) in [5.74, 6) is 2.05. The molecule has 0 saturated heterocycles. The van der Waals surface area contributed by atoms with Crippen LogP contribution < -0.4 is 9.47 Å². The smallest absolute Gasteiger partial charge is 0.339 e. The van der Waals surface area contributed by atoms with Crippen molar-refractivity contribution in [2.75, 3.05) is 7.11 Å². The van der Waals surface area contributed by atoms with E-state index in [2.05, 4.69) is 11.6 Å². The van der Waals surface area contributed by atoms with Gasteiger partial charge in [-0.3, -0.25) is 0 Å². The highest BCUT2D eigenvalue weighted by Gasteiger charge is 2.12. The molecule has 0 spiro atoms. The second-order valence-corrected chi connectivity index (χ2v) is 6.02. The van der Waals surface area contributed by atoms with Gasteiger partial charge in [0.1, 0.15) is 35.3 Å². The number of carbonyl (C=O) groups is 1. The summed E-state index contributed by atoms with van der Waals surface area (Å²) in [5.41, 5.74) is 1.64. The number of nitrogens with zero attached hydrogens (tertiary/aromatic N) is 1. The normalized spacial score (nSPS) is 11.0. The maximum atomic E-state index is 11.8. The maximum absolute atomic E-state index is 11.8. The van der Waals surface area contributed by atoms with E-state index in [4.69, 9.17) is 18.6 Å². The van der Waals surface area contributed by atoms with E-state index in [9.17, 15) is 4.79 Å². The number of methoxy groups -OCH3 is 1. The Hall–Kier alpha value is -3.80. The van der Waals surface area contributed by atoms with Gasteiger partial charge in [-0.1, -0.05) is 24.8 Å². The van der Waals surface area contributed by atoms with Crippen molar-refractivity contribution in [1.29, 1.82) is 0 Å². The van der Waals surface area contributed by atoms with E-state index in [0.717, 1.165) is 11.3 Å². The lowest BCUT2D eigenvalue weighted by Gasteiger charge is -2.06. The van der Waals surface area contributed by atoms with Gasteiger partial charge in [0.25, 0.3) is 0 Å². The minimum atomic E-state index is -0.554. The molecule has 0 aliphatic rings. The lowest BCUT2D eigenvalue weighted by molar-refractivity contribution is -0.129. The van der Waals surface area contributed by atoms with Crippen LogP contribution in [0.1, 0.15) is 11.5 Å². The Morgan fingerprint density at radius 1 is 1.10 bits per heavy atom. The molecule has 0 saturated carbocycles. The minimum absolute atomic E-state index is 0.264. The third-order valence-corrected chi connectivity index (χ3v) is 4.03. The number of benzene rings is 2. The van der Waals surface area contributed by atoms with Gasteiger partial charge in [0, 0.05) is 5.56 Å². The van der Waals surface area contributed by atoms with Gasteiger partial charge in [-0.25, -0.2) is 9.78 Å². The van der Waals surface area contributed by atoms with Crippen LogP contribution in [0, 0.1) is 6.92 Å². The van der Waals surface area contributed by atoms with Crippen LogP contribution >= 0.6 is 0 Å². The van der Waals surface area contributed by atoms with Crippen molar-refractivity contribution in [3.05, 3.63) is 90.5 Å². The third-order valence-electron chi connectivity index (χ3n) is 4.03. The lowest BCUT2D eigenvalue weighted by atomic mass is 10.2. The molecular weight excluding hydrogens is 370 g/mol. The quantitative estimate of drug-likeness (QED) is 0.180. The predicted octanol–water partition coefficient (Wildman–Crippen LogP) is 4.85. The van der Waals surface area contributed by atoms with Crippen molar-refractivity contribution in [2.45, 2.75) is 13.5 Å². The van der Waals surface area contributed by atoms with Crippen molar-refractivity contribution in [3.8, 4) is 23.0 Å². The summed E-state index contributed by atoms with van der Waals surface area (Å²) in [5, 5.41) is 0. The number of ether oxygens (including phenoxy) is 3. The summed E-state index contributed by atoms with van der Waals surface area (Å²) >= 11 is 0. The molecule has 0 aliphatic carbocycles. The van der Waals surface area contributed by atoms with Gasteiger partial charge in [-0.15, -0.1) is 0 Å². The first kappa shape index (κ1) is 19.9. The number of rotatable bonds is 8. The van der Waals surface area contributed by atoms with E-state index in [-0.39, 0.29) is 6.61 Å². The third kappa shape index (κ3) is 5.35. The van der Waals surface area contributed by atoms with Crippen LogP contribution in [0.25, 0.3) is 11.5 Å². The van der Waals surface area contributed by atoms with Crippen LogP contribution in [0.3, 0.4) is 0 Å². The molecule has 0 unspecified atom stereocenters. The molecule has 1 heterocycles. The molecule has 0 bridgehead atoms. The molecule has 6 heteroatoms. The Bertz CT molecular complexity index is 1000. The number of hydrogen-bond acceptors (Lipinski definition) is 6. The number of aryl methyl sites for hydroxylation is 1. The van der Waals surface area contributed by atoms with Gasteiger partial charge < -0.3 is 18.6 Å². The Balaban J connectivity index is 1.60. The summed E-state index contributed by atoms with van der Waals surface area (Å²) in [6.07, 6.45) is 2.64. The fourth-order valence-electron chi connectivity index (χ4n) is 2.48. The van der Waals surface area contributed by atoms with Crippen LogP contribution in [0.15, 0.2) is 83.5 Å². The molecule has 1 aromatic heterocycles. The molecule has 0 N–H and O–H groups in total. The zero-order valence-electron chi connectivity index (χ0n) is 16.3. The Kier molecular flexibility index (Phi) is 6.47. The molecule has 0 amide bonds. The van der Waals surface area contributed by atoms with Gasteiger partial charge in [-0.05, 0) is 49.4 Å². The highest BCUT2D eigenvalue weighted by Crippen LogP contribution is 2.23.